The van der Waals surface area contributed by atoms with Crippen molar-refractivity contribution in [2.24, 2.45) is 5.92 Å². The van der Waals surface area contributed by atoms with Crippen molar-refractivity contribution in [3.63, 3.8) is 0 Å². The molecule has 2 heterocycles. The second-order valence-electron chi connectivity index (χ2n) is 5.51. The summed E-state index contributed by atoms with van der Waals surface area (Å²) in [5.41, 5.74) is 7.03. The van der Waals surface area contributed by atoms with Crippen molar-refractivity contribution in [1.82, 2.24) is 9.97 Å². The molecular formula is C14H24N4. The lowest BCUT2D eigenvalue weighted by atomic mass is 9.95. The van der Waals surface area contributed by atoms with Gasteiger partial charge in [0.2, 0.25) is 0 Å². The van der Waals surface area contributed by atoms with Crippen molar-refractivity contribution in [3.05, 3.63) is 11.4 Å². The van der Waals surface area contributed by atoms with Crippen LogP contribution in [0.15, 0.2) is 0 Å². The van der Waals surface area contributed by atoms with Gasteiger partial charge in [-0.05, 0) is 32.6 Å². The molecule has 0 aliphatic carbocycles. The third-order valence-electron chi connectivity index (χ3n) is 3.91. The minimum Gasteiger partial charge on any atom is -0.383 e. The first-order valence-corrected chi connectivity index (χ1v) is 6.92. The number of aromatic nitrogens is 2. The maximum absolute atomic E-state index is 6.01. The zero-order chi connectivity index (χ0) is 13.3. The van der Waals surface area contributed by atoms with Crippen LogP contribution in [-0.2, 0) is 6.42 Å². The number of hydrogen-bond acceptors (Lipinski definition) is 4. The van der Waals surface area contributed by atoms with Crippen molar-refractivity contribution in [3.8, 4) is 0 Å². The summed E-state index contributed by atoms with van der Waals surface area (Å²) in [7, 11) is 0. The first-order chi connectivity index (χ1) is 8.52. The molecule has 2 rings (SSSR count). The Morgan fingerprint density at radius 1 is 1.28 bits per heavy atom. The van der Waals surface area contributed by atoms with Gasteiger partial charge >= 0.3 is 0 Å². The lowest BCUT2D eigenvalue weighted by Crippen LogP contribution is -2.42. The van der Waals surface area contributed by atoms with Crippen molar-refractivity contribution in [2.45, 2.75) is 53.0 Å². The number of rotatable bonds is 2. The third kappa shape index (κ3) is 2.42. The highest BCUT2D eigenvalue weighted by Gasteiger charge is 2.26. The van der Waals surface area contributed by atoms with E-state index < -0.39 is 0 Å². The Morgan fingerprint density at radius 2 is 2.00 bits per heavy atom. The molecule has 1 aromatic rings. The van der Waals surface area contributed by atoms with Crippen LogP contribution < -0.4 is 10.6 Å². The van der Waals surface area contributed by atoms with E-state index >= 15 is 0 Å². The molecule has 1 aliphatic rings. The Labute approximate surface area is 110 Å². The number of hydrogen-bond donors (Lipinski definition) is 1. The topological polar surface area (TPSA) is 55.0 Å². The quantitative estimate of drug-likeness (QED) is 0.874. The molecule has 18 heavy (non-hydrogen) atoms. The number of aryl methyl sites for hydroxylation is 1. The average Bonchev–Trinajstić information content (AvgIpc) is 2.35. The monoisotopic (exact) mass is 248 g/mol. The molecule has 1 fully saturated rings. The average molecular weight is 248 g/mol. The molecule has 100 valence electrons. The highest BCUT2D eigenvalue weighted by Crippen LogP contribution is 2.30. The summed E-state index contributed by atoms with van der Waals surface area (Å²) in [5, 5.41) is 0. The summed E-state index contributed by atoms with van der Waals surface area (Å²) in [5.74, 6) is 3.24. The fourth-order valence-electron chi connectivity index (χ4n) is 2.59. The van der Waals surface area contributed by atoms with E-state index in [-0.39, 0.29) is 0 Å². The smallest absolute Gasteiger partial charge is 0.137 e. The molecule has 0 saturated carbocycles. The van der Waals surface area contributed by atoms with Gasteiger partial charge in [-0.3, -0.25) is 0 Å². The molecule has 1 saturated heterocycles. The standard InChI is InChI=1S/C14H24N4/c1-5-12-16-13(15)11(4)14(17-12)18-8-9(2)6-7-10(18)3/h9-10H,5-8H2,1-4H3,(H2,15,16,17). The Morgan fingerprint density at radius 3 is 2.67 bits per heavy atom. The first-order valence-electron chi connectivity index (χ1n) is 6.92. The summed E-state index contributed by atoms with van der Waals surface area (Å²) in [6.07, 6.45) is 3.36. The Hall–Kier alpha value is -1.32. The number of anilines is 2. The molecule has 0 bridgehead atoms. The molecule has 4 nitrogen and oxygen atoms in total. The molecule has 0 radical (unpaired) electrons. The van der Waals surface area contributed by atoms with Crippen LogP contribution in [0, 0.1) is 12.8 Å². The molecular weight excluding hydrogens is 224 g/mol. The Balaban J connectivity index is 2.39. The molecule has 4 heteroatoms. The van der Waals surface area contributed by atoms with E-state index in [1.807, 2.05) is 6.92 Å². The SMILES string of the molecule is CCc1nc(N)c(C)c(N2CC(C)CCC2C)n1. The van der Waals surface area contributed by atoms with Gasteiger partial charge in [-0.1, -0.05) is 13.8 Å². The van der Waals surface area contributed by atoms with Gasteiger partial charge in [-0.2, -0.15) is 0 Å². The van der Waals surface area contributed by atoms with E-state index in [2.05, 4.69) is 30.7 Å². The highest BCUT2D eigenvalue weighted by molar-refractivity contribution is 5.57. The molecule has 1 aliphatic heterocycles. The summed E-state index contributed by atoms with van der Waals surface area (Å²) in [6.45, 7) is 9.74. The molecule has 0 spiro atoms. The van der Waals surface area contributed by atoms with Gasteiger partial charge in [-0.25, -0.2) is 9.97 Å². The van der Waals surface area contributed by atoms with Crippen LogP contribution in [0.3, 0.4) is 0 Å². The Bertz CT molecular complexity index is 430. The molecule has 2 unspecified atom stereocenters. The highest BCUT2D eigenvalue weighted by atomic mass is 15.2. The van der Waals surface area contributed by atoms with Crippen LogP contribution in [0.25, 0.3) is 0 Å². The van der Waals surface area contributed by atoms with Crippen molar-refractivity contribution >= 4 is 11.6 Å². The zero-order valence-electron chi connectivity index (χ0n) is 11.9. The van der Waals surface area contributed by atoms with Gasteiger partial charge in [0.05, 0.1) is 0 Å². The van der Waals surface area contributed by atoms with E-state index in [1.54, 1.807) is 0 Å². The fourth-order valence-corrected chi connectivity index (χ4v) is 2.59. The van der Waals surface area contributed by atoms with Crippen molar-refractivity contribution in [1.29, 1.82) is 0 Å². The van der Waals surface area contributed by atoms with E-state index in [0.29, 0.717) is 11.9 Å². The minimum absolute atomic E-state index is 0.541. The van der Waals surface area contributed by atoms with E-state index in [4.69, 9.17) is 10.7 Å². The molecule has 0 amide bonds. The normalized spacial score (nSPS) is 24.3. The lowest BCUT2D eigenvalue weighted by Gasteiger charge is -2.38. The van der Waals surface area contributed by atoms with Crippen LogP contribution in [-0.4, -0.2) is 22.6 Å². The maximum atomic E-state index is 6.01. The third-order valence-corrected chi connectivity index (χ3v) is 3.91. The molecule has 0 aromatic carbocycles. The van der Waals surface area contributed by atoms with Crippen LogP contribution in [0.4, 0.5) is 11.6 Å². The van der Waals surface area contributed by atoms with Crippen molar-refractivity contribution < 1.29 is 0 Å². The summed E-state index contributed by atoms with van der Waals surface area (Å²) < 4.78 is 0. The summed E-state index contributed by atoms with van der Waals surface area (Å²) in [6, 6.07) is 0.541. The number of nitrogen functional groups attached to an aromatic ring is 1. The van der Waals surface area contributed by atoms with E-state index in [0.717, 1.165) is 36.1 Å². The molecule has 1 aromatic heterocycles. The largest absolute Gasteiger partial charge is 0.383 e. The summed E-state index contributed by atoms with van der Waals surface area (Å²) in [4.78, 5) is 11.4. The van der Waals surface area contributed by atoms with E-state index in [9.17, 15) is 0 Å². The van der Waals surface area contributed by atoms with Crippen LogP contribution in [0.2, 0.25) is 0 Å². The minimum atomic E-state index is 0.541. The second-order valence-corrected chi connectivity index (χ2v) is 5.51. The fraction of sp³-hybridized carbons (Fsp3) is 0.714. The van der Waals surface area contributed by atoms with Gasteiger partial charge in [0.15, 0.2) is 0 Å². The number of piperidine rings is 1. The predicted molar refractivity (Wildman–Crippen MR) is 75.8 cm³/mol. The van der Waals surface area contributed by atoms with Crippen LogP contribution in [0.1, 0.15) is 45.0 Å². The summed E-state index contributed by atoms with van der Waals surface area (Å²) >= 11 is 0. The number of nitrogens with two attached hydrogens (primary N) is 1. The van der Waals surface area contributed by atoms with Gasteiger partial charge < -0.3 is 10.6 Å². The second kappa shape index (κ2) is 5.12. The van der Waals surface area contributed by atoms with Crippen LogP contribution in [0.5, 0.6) is 0 Å². The van der Waals surface area contributed by atoms with Gasteiger partial charge in [0.1, 0.15) is 17.5 Å². The van der Waals surface area contributed by atoms with Gasteiger partial charge in [0.25, 0.3) is 0 Å². The number of nitrogens with zero attached hydrogens (tertiary/aromatic N) is 3. The zero-order valence-corrected chi connectivity index (χ0v) is 11.9. The van der Waals surface area contributed by atoms with Crippen LogP contribution >= 0.6 is 0 Å². The lowest BCUT2D eigenvalue weighted by molar-refractivity contribution is 0.387. The Kier molecular flexibility index (Phi) is 3.73. The van der Waals surface area contributed by atoms with E-state index in [1.165, 1.54) is 12.8 Å². The first kappa shape index (κ1) is 13.1. The van der Waals surface area contributed by atoms with Gasteiger partial charge in [-0.15, -0.1) is 0 Å². The maximum Gasteiger partial charge on any atom is 0.137 e. The van der Waals surface area contributed by atoms with Gasteiger partial charge in [0, 0.05) is 24.6 Å². The predicted octanol–water partition coefficient (Wildman–Crippen LogP) is 2.55. The molecule has 2 atom stereocenters. The van der Waals surface area contributed by atoms with Crippen molar-refractivity contribution in [2.75, 3.05) is 17.2 Å². The molecule has 2 N–H and O–H groups in total.